The van der Waals surface area contributed by atoms with Gasteiger partial charge in [0.05, 0.1) is 0 Å². The van der Waals surface area contributed by atoms with Gasteiger partial charge in [0.2, 0.25) is 5.88 Å². The van der Waals surface area contributed by atoms with Gasteiger partial charge in [-0.15, -0.1) is 11.6 Å². The molecule has 0 saturated heterocycles. The van der Waals surface area contributed by atoms with Crippen molar-refractivity contribution in [2.24, 2.45) is 0 Å². The molecule has 1 heterocycles. The second-order valence-corrected chi connectivity index (χ2v) is 5.03. The van der Waals surface area contributed by atoms with Crippen LogP contribution in [0.15, 0.2) is 54.7 Å². The van der Waals surface area contributed by atoms with Crippen molar-refractivity contribution >= 4 is 34.0 Å². The third-order valence-corrected chi connectivity index (χ3v) is 3.52. The minimum absolute atomic E-state index is 0.422. The second kappa shape index (κ2) is 5.70. The third-order valence-electron chi connectivity index (χ3n) is 3.00. The van der Waals surface area contributed by atoms with Gasteiger partial charge in [-0.1, -0.05) is 35.9 Å². The molecule has 0 saturated carbocycles. The topological polar surface area (TPSA) is 22.1 Å². The monoisotopic (exact) mass is 303 g/mol. The van der Waals surface area contributed by atoms with Crippen LogP contribution in [0.3, 0.4) is 0 Å². The molecule has 0 bridgehead atoms. The molecule has 20 heavy (non-hydrogen) atoms. The SMILES string of the molecule is ClCc1cnc(Oc2cccc(Cl)c2)c2ccccc12. The molecule has 3 aromatic rings. The van der Waals surface area contributed by atoms with Gasteiger partial charge in [-0.05, 0) is 35.2 Å². The maximum Gasteiger partial charge on any atom is 0.227 e. The van der Waals surface area contributed by atoms with Gasteiger partial charge in [0.1, 0.15) is 5.75 Å². The van der Waals surface area contributed by atoms with Crippen LogP contribution in [-0.4, -0.2) is 4.98 Å². The van der Waals surface area contributed by atoms with Crippen LogP contribution in [0.1, 0.15) is 5.56 Å². The maximum atomic E-state index is 5.96. The minimum Gasteiger partial charge on any atom is -0.438 e. The second-order valence-electron chi connectivity index (χ2n) is 4.33. The van der Waals surface area contributed by atoms with Crippen molar-refractivity contribution < 1.29 is 4.74 Å². The molecule has 0 atom stereocenters. The zero-order valence-corrected chi connectivity index (χ0v) is 12.0. The first kappa shape index (κ1) is 13.2. The van der Waals surface area contributed by atoms with Crippen LogP contribution >= 0.6 is 23.2 Å². The van der Waals surface area contributed by atoms with E-state index in [1.54, 1.807) is 18.3 Å². The Bertz CT molecular complexity index is 758. The summed E-state index contributed by atoms with van der Waals surface area (Å²) in [6.07, 6.45) is 1.75. The molecule has 3 rings (SSSR count). The fourth-order valence-corrected chi connectivity index (χ4v) is 2.45. The van der Waals surface area contributed by atoms with Crippen LogP contribution in [0, 0.1) is 0 Å². The van der Waals surface area contributed by atoms with E-state index in [-0.39, 0.29) is 0 Å². The number of halogens is 2. The number of nitrogens with zero attached hydrogens (tertiary/aromatic N) is 1. The first-order valence-corrected chi connectivity index (χ1v) is 7.05. The van der Waals surface area contributed by atoms with Crippen molar-refractivity contribution in [2.45, 2.75) is 5.88 Å². The normalized spacial score (nSPS) is 10.7. The van der Waals surface area contributed by atoms with E-state index in [1.807, 2.05) is 36.4 Å². The molecular formula is C16H11Cl2NO. The van der Waals surface area contributed by atoms with Gasteiger partial charge < -0.3 is 4.74 Å². The Morgan fingerprint density at radius 3 is 2.55 bits per heavy atom. The van der Waals surface area contributed by atoms with Crippen LogP contribution in [0.5, 0.6) is 11.6 Å². The molecule has 0 aliphatic carbocycles. The highest BCUT2D eigenvalue weighted by Gasteiger charge is 2.08. The van der Waals surface area contributed by atoms with Crippen molar-refractivity contribution in [3.63, 3.8) is 0 Å². The van der Waals surface area contributed by atoms with Crippen molar-refractivity contribution in [3.05, 3.63) is 65.3 Å². The number of alkyl halides is 1. The largest absolute Gasteiger partial charge is 0.438 e. The molecule has 0 unspecified atom stereocenters. The van der Waals surface area contributed by atoms with Gasteiger partial charge in [-0.2, -0.15) is 0 Å². The number of benzene rings is 2. The summed E-state index contributed by atoms with van der Waals surface area (Å²) >= 11 is 11.9. The van der Waals surface area contributed by atoms with Crippen LogP contribution in [0.25, 0.3) is 10.8 Å². The predicted molar refractivity (Wildman–Crippen MR) is 82.8 cm³/mol. The Morgan fingerprint density at radius 1 is 1.00 bits per heavy atom. The molecule has 0 amide bonds. The molecular weight excluding hydrogens is 293 g/mol. The smallest absolute Gasteiger partial charge is 0.227 e. The molecule has 1 aromatic heterocycles. The van der Waals surface area contributed by atoms with Gasteiger partial charge >= 0.3 is 0 Å². The summed E-state index contributed by atoms with van der Waals surface area (Å²) in [6.45, 7) is 0. The molecule has 0 fully saturated rings. The number of hydrogen-bond donors (Lipinski definition) is 0. The van der Waals surface area contributed by atoms with Crippen LogP contribution in [0.2, 0.25) is 5.02 Å². The first-order valence-electron chi connectivity index (χ1n) is 6.14. The lowest BCUT2D eigenvalue weighted by molar-refractivity contribution is 0.469. The van der Waals surface area contributed by atoms with E-state index < -0.39 is 0 Å². The van der Waals surface area contributed by atoms with Gasteiger partial charge in [-0.3, -0.25) is 0 Å². The Kier molecular flexibility index (Phi) is 3.77. The van der Waals surface area contributed by atoms with E-state index in [2.05, 4.69) is 4.98 Å². The number of hydrogen-bond acceptors (Lipinski definition) is 2. The van der Waals surface area contributed by atoms with Crippen molar-refractivity contribution in [1.29, 1.82) is 0 Å². The quantitative estimate of drug-likeness (QED) is 0.603. The lowest BCUT2D eigenvalue weighted by atomic mass is 10.1. The number of fused-ring (bicyclic) bond motifs is 1. The zero-order valence-electron chi connectivity index (χ0n) is 10.5. The van der Waals surface area contributed by atoms with Crippen molar-refractivity contribution in [1.82, 2.24) is 4.98 Å². The third kappa shape index (κ3) is 2.58. The number of pyridine rings is 1. The summed E-state index contributed by atoms with van der Waals surface area (Å²) in [5.74, 6) is 1.64. The zero-order chi connectivity index (χ0) is 13.9. The van der Waals surface area contributed by atoms with E-state index in [0.717, 1.165) is 16.3 Å². The average molecular weight is 304 g/mol. The van der Waals surface area contributed by atoms with Gasteiger partial charge in [0, 0.05) is 22.5 Å². The number of aromatic nitrogens is 1. The molecule has 0 aliphatic heterocycles. The standard InChI is InChI=1S/C16H11Cl2NO/c17-9-11-10-19-16(15-7-2-1-6-14(11)15)20-13-5-3-4-12(18)8-13/h1-8,10H,9H2. The van der Waals surface area contributed by atoms with E-state index >= 15 is 0 Å². The van der Waals surface area contributed by atoms with Crippen molar-refractivity contribution in [3.8, 4) is 11.6 Å². The summed E-state index contributed by atoms with van der Waals surface area (Å²) in [5.41, 5.74) is 0.987. The molecule has 4 heteroatoms. The number of ether oxygens (including phenoxy) is 1. The lowest BCUT2D eigenvalue weighted by Gasteiger charge is -2.10. The summed E-state index contributed by atoms with van der Waals surface area (Å²) in [4.78, 5) is 4.35. The molecule has 0 radical (unpaired) electrons. The lowest BCUT2D eigenvalue weighted by Crippen LogP contribution is -1.92. The fourth-order valence-electron chi connectivity index (χ4n) is 2.06. The predicted octanol–water partition coefficient (Wildman–Crippen LogP) is 5.42. The first-order chi connectivity index (χ1) is 9.78. The van der Waals surface area contributed by atoms with Crippen LogP contribution in [0.4, 0.5) is 0 Å². The highest BCUT2D eigenvalue weighted by atomic mass is 35.5. The Morgan fingerprint density at radius 2 is 1.80 bits per heavy atom. The molecule has 2 aromatic carbocycles. The summed E-state index contributed by atoms with van der Waals surface area (Å²) in [6, 6.07) is 15.2. The highest BCUT2D eigenvalue weighted by molar-refractivity contribution is 6.30. The minimum atomic E-state index is 0.422. The van der Waals surface area contributed by atoms with Crippen LogP contribution in [-0.2, 0) is 5.88 Å². The Hall–Kier alpha value is -1.77. The summed E-state index contributed by atoms with van der Waals surface area (Å²) in [5, 5.41) is 2.62. The van der Waals surface area contributed by atoms with E-state index in [0.29, 0.717) is 22.5 Å². The molecule has 100 valence electrons. The van der Waals surface area contributed by atoms with Crippen LogP contribution < -0.4 is 4.74 Å². The summed E-state index contributed by atoms with van der Waals surface area (Å²) < 4.78 is 5.83. The molecule has 0 N–H and O–H groups in total. The molecule has 2 nitrogen and oxygen atoms in total. The summed E-state index contributed by atoms with van der Waals surface area (Å²) in [7, 11) is 0. The maximum absolute atomic E-state index is 5.96. The fraction of sp³-hybridized carbons (Fsp3) is 0.0625. The Labute approximate surface area is 126 Å². The molecule has 0 spiro atoms. The Balaban J connectivity index is 2.08. The van der Waals surface area contributed by atoms with Crippen molar-refractivity contribution in [2.75, 3.05) is 0 Å². The van der Waals surface area contributed by atoms with Gasteiger partial charge in [-0.25, -0.2) is 4.98 Å². The van der Waals surface area contributed by atoms with E-state index in [1.165, 1.54) is 0 Å². The van der Waals surface area contributed by atoms with E-state index in [9.17, 15) is 0 Å². The average Bonchev–Trinajstić information content (AvgIpc) is 2.48. The number of rotatable bonds is 3. The van der Waals surface area contributed by atoms with Gasteiger partial charge in [0.25, 0.3) is 0 Å². The van der Waals surface area contributed by atoms with Gasteiger partial charge in [0.15, 0.2) is 0 Å². The van der Waals surface area contributed by atoms with E-state index in [4.69, 9.17) is 27.9 Å². The highest BCUT2D eigenvalue weighted by Crippen LogP contribution is 2.31. The molecule has 0 aliphatic rings.